The molecule has 0 aliphatic rings. The first kappa shape index (κ1) is 14.0. The number of halogens is 1. The summed E-state index contributed by atoms with van der Waals surface area (Å²) < 4.78 is 11.9. The molecule has 0 spiro atoms. The number of methoxy groups -OCH3 is 2. The van der Waals surface area contributed by atoms with Gasteiger partial charge in [0.15, 0.2) is 10.3 Å². The number of hydrogen-bond donors (Lipinski definition) is 0. The van der Waals surface area contributed by atoms with E-state index >= 15 is 0 Å². The van der Waals surface area contributed by atoms with E-state index in [1.54, 1.807) is 19.5 Å². The van der Waals surface area contributed by atoms with E-state index in [-0.39, 0.29) is 4.47 Å². The highest BCUT2D eigenvalue weighted by Gasteiger charge is 2.22. The molecule has 8 heteroatoms. The number of carbonyl (C=O) groups excluding carboxylic acids is 1. The van der Waals surface area contributed by atoms with Crippen LogP contribution in [0.4, 0.5) is 0 Å². The Hall–Kier alpha value is -1.44. The van der Waals surface area contributed by atoms with E-state index in [0.29, 0.717) is 29.5 Å². The van der Waals surface area contributed by atoms with Crippen molar-refractivity contribution in [2.45, 2.75) is 6.54 Å². The molecular formula is C11H12ClN3O3S. The maximum absolute atomic E-state index is 11.7. The minimum absolute atomic E-state index is 0.275. The van der Waals surface area contributed by atoms with E-state index in [4.69, 9.17) is 21.1 Å². The molecule has 0 radical (unpaired) electrons. The van der Waals surface area contributed by atoms with Crippen molar-refractivity contribution in [3.63, 3.8) is 0 Å². The second-order valence-corrected chi connectivity index (χ2v) is 5.15. The molecule has 2 rings (SSSR count). The minimum atomic E-state index is -0.472. The van der Waals surface area contributed by atoms with Crippen LogP contribution in [0.1, 0.15) is 9.67 Å². The fourth-order valence-corrected chi connectivity index (χ4v) is 2.59. The van der Waals surface area contributed by atoms with Gasteiger partial charge in [0.05, 0.1) is 13.7 Å². The maximum Gasteiger partial charge on any atom is 0.350 e. The predicted molar refractivity (Wildman–Crippen MR) is 71.6 cm³/mol. The van der Waals surface area contributed by atoms with Gasteiger partial charge < -0.3 is 14.0 Å². The highest BCUT2D eigenvalue weighted by Crippen LogP contribution is 2.30. The first-order chi connectivity index (χ1) is 9.17. The average Bonchev–Trinajstić information content (AvgIpc) is 3.01. The Morgan fingerprint density at radius 3 is 3.00 bits per heavy atom. The first-order valence-corrected chi connectivity index (χ1v) is 6.62. The maximum atomic E-state index is 11.7. The third kappa shape index (κ3) is 2.94. The van der Waals surface area contributed by atoms with Crippen LogP contribution in [0.3, 0.4) is 0 Å². The van der Waals surface area contributed by atoms with Crippen molar-refractivity contribution in [3.05, 3.63) is 21.7 Å². The van der Waals surface area contributed by atoms with Crippen molar-refractivity contribution in [2.75, 3.05) is 20.8 Å². The summed E-state index contributed by atoms with van der Waals surface area (Å²) in [7, 11) is 2.94. The molecule has 0 saturated carbocycles. The number of thiazole rings is 1. The lowest BCUT2D eigenvalue weighted by molar-refractivity contribution is 0.0607. The highest BCUT2D eigenvalue weighted by molar-refractivity contribution is 7.17. The van der Waals surface area contributed by atoms with Gasteiger partial charge in [0.2, 0.25) is 0 Å². The number of aromatic nitrogens is 3. The fourth-order valence-electron chi connectivity index (χ4n) is 1.57. The highest BCUT2D eigenvalue weighted by atomic mass is 35.5. The summed E-state index contributed by atoms with van der Waals surface area (Å²) in [6.07, 6.45) is 3.43. The van der Waals surface area contributed by atoms with E-state index in [2.05, 4.69) is 9.97 Å². The molecular weight excluding hydrogens is 290 g/mol. The van der Waals surface area contributed by atoms with E-state index < -0.39 is 5.97 Å². The third-order valence-electron chi connectivity index (χ3n) is 2.44. The molecule has 0 fully saturated rings. The van der Waals surface area contributed by atoms with Gasteiger partial charge in [-0.15, -0.1) is 0 Å². The van der Waals surface area contributed by atoms with Gasteiger partial charge in [-0.2, -0.15) is 0 Å². The number of imidazole rings is 1. The van der Waals surface area contributed by atoms with Crippen LogP contribution < -0.4 is 0 Å². The normalized spacial score (nSPS) is 10.7. The Morgan fingerprint density at radius 2 is 2.32 bits per heavy atom. The Kier molecular flexibility index (Phi) is 4.52. The van der Waals surface area contributed by atoms with Crippen LogP contribution in [0.5, 0.6) is 0 Å². The van der Waals surface area contributed by atoms with Gasteiger partial charge in [-0.1, -0.05) is 22.9 Å². The number of hydrogen-bond acceptors (Lipinski definition) is 6. The summed E-state index contributed by atoms with van der Waals surface area (Å²) in [5.74, 6) is 0.0984. The lowest BCUT2D eigenvalue weighted by atomic mass is 10.3. The number of nitrogens with zero attached hydrogens (tertiary/aromatic N) is 3. The number of esters is 1. The molecule has 2 heterocycles. The smallest absolute Gasteiger partial charge is 0.350 e. The summed E-state index contributed by atoms with van der Waals surface area (Å²) in [6, 6.07) is 0. The van der Waals surface area contributed by atoms with Crippen LogP contribution in [-0.2, 0) is 16.0 Å². The van der Waals surface area contributed by atoms with Crippen LogP contribution in [-0.4, -0.2) is 41.3 Å². The van der Waals surface area contributed by atoms with Crippen molar-refractivity contribution in [1.29, 1.82) is 0 Å². The van der Waals surface area contributed by atoms with Gasteiger partial charge in [0, 0.05) is 26.0 Å². The van der Waals surface area contributed by atoms with Crippen LogP contribution >= 0.6 is 22.9 Å². The zero-order valence-corrected chi connectivity index (χ0v) is 12.0. The minimum Gasteiger partial charge on any atom is -0.465 e. The summed E-state index contributed by atoms with van der Waals surface area (Å²) in [5.41, 5.74) is 0.433. The van der Waals surface area contributed by atoms with E-state index in [0.717, 1.165) is 11.3 Å². The van der Waals surface area contributed by atoms with Gasteiger partial charge in [0.1, 0.15) is 10.6 Å². The average molecular weight is 302 g/mol. The Labute approximate surface area is 119 Å². The molecule has 0 aliphatic carbocycles. The Bertz CT molecular complexity index is 582. The molecule has 0 aromatic carbocycles. The van der Waals surface area contributed by atoms with Crippen molar-refractivity contribution in [3.8, 4) is 11.5 Å². The third-order valence-corrected chi connectivity index (χ3v) is 3.58. The summed E-state index contributed by atoms with van der Waals surface area (Å²) in [5, 5.41) is 0. The molecule has 0 atom stereocenters. The van der Waals surface area contributed by atoms with Gasteiger partial charge in [-0.3, -0.25) is 0 Å². The molecule has 19 heavy (non-hydrogen) atoms. The molecule has 0 aliphatic heterocycles. The molecule has 102 valence electrons. The lowest BCUT2D eigenvalue weighted by Gasteiger charge is -2.06. The van der Waals surface area contributed by atoms with Gasteiger partial charge >= 0.3 is 5.97 Å². The van der Waals surface area contributed by atoms with E-state index in [9.17, 15) is 4.79 Å². The zero-order valence-electron chi connectivity index (χ0n) is 10.4. The van der Waals surface area contributed by atoms with Crippen molar-refractivity contribution >= 4 is 28.9 Å². The van der Waals surface area contributed by atoms with Crippen LogP contribution in [0.25, 0.3) is 11.5 Å². The fraction of sp³-hybridized carbons (Fsp3) is 0.364. The summed E-state index contributed by atoms with van der Waals surface area (Å²) in [4.78, 5) is 20.4. The molecule has 0 amide bonds. The Morgan fingerprint density at radius 1 is 1.53 bits per heavy atom. The van der Waals surface area contributed by atoms with Gasteiger partial charge in [0.25, 0.3) is 0 Å². The second-order valence-electron chi connectivity index (χ2n) is 3.57. The van der Waals surface area contributed by atoms with Crippen molar-refractivity contribution in [1.82, 2.24) is 14.5 Å². The zero-order chi connectivity index (χ0) is 13.8. The van der Waals surface area contributed by atoms with Gasteiger partial charge in [-0.25, -0.2) is 14.8 Å². The van der Waals surface area contributed by atoms with Crippen LogP contribution in [0, 0.1) is 0 Å². The van der Waals surface area contributed by atoms with Gasteiger partial charge in [-0.05, 0) is 0 Å². The molecule has 0 unspecified atom stereocenters. The largest absolute Gasteiger partial charge is 0.465 e. The molecule has 2 aromatic rings. The molecule has 2 aromatic heterocycles. The summed E-state index contributed by atoms with van der Waals surface area (Å²) >= 11 is 6.95. The quantitative estimate of drug-likeness (QED) is 0.791. The molecule has 0 bridgehead atoms. The number of carbonyl (C=O) groups is 1. The van der Waals surface area contributed by atoms with Crippen molar-refractivity contribution < 1.29 is 14.3 Å². The summed E-state index contributed by atoms with van der Waals surface area (Å²) in [6.45, 7) is 1.15. The number of ether oxygens (including phenoxy) is 2. The second kappa shape index (κ2) is 6.14. The molecule has 0 N–H and O–H groups in total. The standard InChI is InChI=1S/C11H12ClN3O3S/c1-17-6-5-15-4-3-13-9(15)7-8(10(16)18-2)19-11(12)14-7/h3-4H,5-6H2,1-2H3. The number of rotatable bonds is 5. The molecule has 6 nitrogen and oxygen atoms in total. The topological polar surface area (TPSA) is 66.2 Å². The SMILES string of the molecule is COCCn1ccnc1-c1nc(Cl)sc1C(=O)OC. The predicted octanol–water partition coefficient (Wildman–Crippen LogP) is 2.09. The Balaban J connectivity index is 2.41. The van der Waals surface area contributed by atoms with E-state index in [1.807, 2.05) is 4.57 Å². The van der Waals surface area contributed by atoms with Crippen LogP contribution in [0.2, 0.25) is 4.47 Å². The van der Waals surface area contributed by atoms with Crippen molar-refractivity contribution in [2.24, 2.45) is 0 Å². The lowest BCUT2D eigenvalue weighted by Crippen LogP contribution is -2.07. The van der Waals surface area contributed by atoms with Crippen LogP contribution in [0.15, 0.2) is 12.4 Å². The molecule has 0 saturated heterocycles. The monoisotopic (exact) mass is 301 g/mol. The van der Waals surface area contributed by atoms with E-state index in [1.165, 1.54) is 7.11 Å². The first-order valence-electron chi connectivity index (χ1n) is 5.42.